The average Bonchev–Trinajstić information content (AvgIpc) is 2.83. The Balaban J connectivity index is 2.03. The lowest BCUT2D eigenvalue weighted by molar-refractivity contribution is 0.0954. The van der Waals surface area contributed by atoms with Gasteiger partial charge < -0.3 is 4.42 Å². The van der Waals surface area contributed by atoms with Gasteiger partial charge in [0, 0.05) is 6.42 Å². The molecule has 16 heavy (non-hydrogen) atoms. The van der Waals surface area contributed by atoms with E-state index in [0.29, 0.717) is 5.76 Å². The lowest BCUT2D eigenvalue weighted by Crippen LogP contribution is -2.02. The van der Waals surface area contributed by atoms with Crippen LogP contribution in [0.3, 0.4) is 0 Å². The lowest BCUT2D eigenvalue weighted by atomic mass is 10.1. The molecule has 1 aromatic carbocycles. The summed E-state index contributed by atoms with van der Waals surface area (Å²) < 4.78 is 5.02. The molecular weight excluding hydrogens is 224 g/mol. The number of hydrogen-bond acceptors (Lipinski definition) is 2. The van der Waals surface area contributed by atoms with Gasteiger partial charge in [-0.1, -0.05) is 30.3 Å². The molecule has 0 bridgehead atoms. The van der Waals surface area contributed by atoms with Gasteiger partial charge in [0.05, 0.1) is 11.6 Å². The molecule has 0 radical (unpaired) electrons. The number of furan rings is 1. The Morgan fingerprint density at radius 2 is 1.94 bits per heavy atom. The highest BCUT2D eigenvalue weighted by Crippen LogP contribution is 2.25. The SMILES string of the molecule is O=C(CC(Cl)c1ccccc1)c1ccco1. The number of rotatable bonds is 4. The summed E-state index contributed by atoms with van der Waals surface area (Å²) in [4.78, 5) is 11.7. The topological polar surface area (TPSA) is 30.2 Å². The van der Waals surface area contributed by atoms with Crippen molar-refractivity contribution in [3.63, 3.8) is 0 Å². The molecule has 3 heteroatoms. The van der Waals surface area contributed by atoms with Gasteiger partial charge in [0.2, 0.25) is 0 Å². The Bertz CT molecular complexity index is 448. The molecule has 82 valence electrons. The first kappa shape index (κ1) is 11.0. The van der Waals surface area contributed by atoms with Gasteiger partial charge in [-0.05, 0) is 17.7 Å². The van der Waals surface area contributed by atoms with Crippen molar-refractivity contribution in [3.05, 3.63) is 60.1 Å². The molecule has 1 atom stereocenters. The molecule has 0 aliphatic rings. The van der Waals surface area contributed by atoms with Gasteiger partial charge in [0.15, 0.2) is 11.5 Å². The van der Waals surface area contributed by atoms with Gasteiger partial charge in [0.1, 0.15) is 0 Å². The monoisotopic (exact) mass is 234 g/mol. The molecule has 1 aromatic heterocycles. The number of ketones is 1. The third-order valence-electron chi connectivity index (χ3n) is 2.32. The molecule has 2 rings (SSSR count). The molecule has 0 aliphatic carbocycles. The van der Waals surface area contributed by atoms with E-state index in [1.807, 2.05) is 30.3 Å². The summed E-state index contributed by atoms with van der Waals surface area (Å²) in [6.07, 6.45) is 1.73. The van der Waals surface area contributed by atoms with Crippen LogP contribution in [0.4, 0.5) is 0 Å². The maximum absolute atomic E-state index is 11.7. The zero-order valence-electron chi connectivity index (χ0n) is 8.60. The fourth-order valence-corrected chi connectivity index (χ4v) is 1.77. The molecule has 1 unspecified atom stereocenters. The summed E-state index contributed by atoms with van der Waals surface area (Å²) in [6.45, 7) is 0. The number of carbonyl (C=O) groups excluding carboxylic acids is 1. The predicted molar refractivity (Wildman–Crippen MR) is 62.7 cm³/mol. The second kappa shape index (κ2) is 4.99. The predicted octanol–water partition coefficient (Wildman–Crippen LogP) is 3.83. The third kappa shape index (κ3) is 2.52. The zero-order valence-corrected chi connectivity index (χ0v) is 9.35. The van der Waals surface area contributed by atoms with Crippen LogP contribution in [0.25, 0.3) is 0 Å². The van der Waals surface area contributed by atoms with E-state index in [2.05, 4.69) is 0 Å². The van der Waals surface area contributed by atoms with Crippen molar-refractivity contribution in [2.75, 3.05) is 0 Å². The summed E-state index contributed by atoms with van der Waals surface area (Å²) in [7, 11) is 0. The van der Waals surface area contributed by atoms with E-state index in [4.69, 9.17) is 16.0 Å². The van der Waals surface area contributed by atoms with E-state index in [9.17, 15) is 4.79 Å². The first-order valence-electron chi connectivity index (χ1n) is 5.03. The minimum atomic E-state index is -0.307. The molecule has 1 heterocycles. The number of hydrogen-bond donors (Lipinski definition) is 0. The fourth-order valence-electron chi connectivity index (χ4n) is 1.48. The normalized spacial score (nSPS) is 12.3. The highest BCUT2D eigenvalue weighted by Gasteiger charge is 2.16. The van der Waals surface area contributed by atoms with Crippen LogP contribution in [0.1, 0.15) is 27.9 Å². The van der Waals surface area contributed by atoms with Crippen molar-refractivity contribution >= 4 is 17.4 Å². The van der Waals surface area contributed by atoms with Gasteiger partial charge in [-0.3, -0.25) is 4.79 Å². The molecule has 2 nitrogen and oxygen atoms in total. The Morgan fingerprint density at radius 1 is 1.19 bits per heavy atom. The second-order valence-corrected chi connectivity index (χ2v) is 4.01. The quantitative estimate of drug-likeness (QED) is 0.595. The number of carbonyl (C=O) groups is 1. The van der Waals surface area contributed by atoms with Gasteiger partial charge in [-0.2, -0.15) is 0 Å². The van der Waals surface area contributed by atoms with Gasteiger partial charge in [-0.15, -0.1) is 11.6 Å². The van der Waals surface area contributed by atoms with Crippen molar-refractivity contribution in [1.29, 1.82) is 0 Å². The van der Waals surface area contributed by atoms with E-state index in [-0.39, 0.29) is 17.6 Å². The number of Topliss-reactive ketones (excluding diaryl/α,β-unsaturated/α-hetero) is 1. The minimum Gasteiger partial charge on any atom is -0.461 e. The standard InChI is InChI=1S/C13H11ClO2/c14-11(10-5-2-1-3-6-10)9-12(15)13-7-4-8-16-13/h1-8,11H,9H2. The highest BCUT2D eigenvalue weighted by molar-refractivity contribution is 6.22. The van der Waals surface area contributed by atoms with Gasteiger partial charge in [0.25, 0.3) is 0 Å². The van der Waals surface area contributed by atoms with E-state index < -0.39 is 0 Å². The molecular formula is C13H11ClO2. The van der Waals surface area contributed by atoms with Crippen LogP contribution < -0.4 is 0 Å². The maximum Gasteiger partial charge on any atom is 0.199 e. The van der Waals surface area contributed by atoms with E-state index in [0.717, 1.165) is 5.56 Å². The van der Waals surface area contributed by atoms with Crippen molar-refractivity contribution < 1.29 is 9.21 Å². The first-order valence-corrected chi connectivity index (χ1v) is 5.47. The molecule has 0 N–H and O–H groups in total. The van der Waals surface area contributed by atoms with Crippen LogP contribution in [0.2, 0.25) is 0 Å². The van der Waals surface area contributed by atoms with Crippen LogP contribution >= 0.6 is 11.6 Å². The van der Waals surface area contributed by atoms with Crippen LogP contribution in [-0.2, 0) is 0 Å². The largest absolute Gasteiger partial charge is 0.461 e. The maximum atomic E-state index is 11.7. The molecule has 0 saturated heterocycles. The molecule has 0 fully saturated rings. The average molecular weight is 235 g/mol. The zero-order chi connectivity index (χ0) is 11.4. The Kier molecular flexibility index (Phi) is 3.42. The van der Waals surface area contributed by atoms with E-state index >= 15 is 0 Å². The van der Waals surface area contributed by atoms with Crippen molar-refractivity contribution in [3.8, 4) is 0 Å². The van der Waals surface area contributed by atoms with Crippen molar-refractivity contribution in [2.24, 2.45) is 0 Å². The van der Waals surface area contributed by atoms with E-state index in [1.165, 1.54) is 6.26 Å². The van der Waals surface area contributed by atoms with Gasteiger partial charge in [-0.25, -0.2) is 0 Å². The smallest absolute Gasteiger partial charge is 0.199 e. The highest BCUT2D eigenvalue weighted by atomic mass is 35.5. The van der Waals surface area contributed by atoms with Crippen LogP contribution in [0.5, 0.6) is 0 Å². The summed E-state index contributed by atoms with van der Waals surface area (Å²) in [5.41, 5.74) is 0.948. The number of benzene rings is 1. The van der Waals surface area contributed by atoms with Crippen LogP contribution in [0.15, 0.2) is 53.1 Å². The molecule has 0 aliphatic heterocycles. The third-order valence-corrected chi connectivity index (χ3v) is 2.73. The molecule has 0 amide bonds. The lowest BCUT2D eigenvalue weighted by Gasteiger charge is -2.07. The molecule has 0 saturated carbocycles. The number of alkyl halides is 1. The Labute approximate surface area is 98.8 Å². The van der Waals surface area contributed by atoms with Crippen LogP contribution in [-0.4, -0.2) is 5.78 Å². The summed E-state index contributed by atoms with van der Waals surface area (Å²) in [5, 5.41) is -0.307. The van der Waals surface area contributed by atoms with Crippen molar-refractivity contribution in [1.82, 2.24) is 0 Å². The summed E-state index contributed by atoms with van der Waals surface area (Å²) in [5.74, 6) is 0.287. The van der Waals surface area contributed by atoms with Crippen LogP contribution in [0, 0.1) is 0 Å². The first-order chi connectivity index (χ1) is 7.77. The van der Waals surface area contributed by atoms with Gasteiger partial charge >= 0.3 is 0 Å². The fraction of sp³-hybridized carbons (Fsp3) is 0.154. The van der Waals surface area contributed by atoms with E-state index in [1.54, 1.807) is 12.1 Å². The number of halogens is 1. The minimum absolute atomic E-state index is 0.0751. The second-order valence-electron chi connectivity index (χ2n) is 3.48. The van der Waals surface area contributed by atoms with Crippen molar-refractivity contribution in [2.45, 2.75) is 11.8 Å². The Morgan fingerprint density at radius 3 is 2.56 bits per heavy atom. The summed E-state index contributed by atoms with van der Waals surface area (Å²) in [6, 6.07) is 12.9. The summed E-state index contributed by atoms with van der Waals surface area (Å²) >= 11 is 6.16. The Hall–Kier alpha value is -1.54. The molecule has 2 aromatic rings. The molecule has 0 spiro atoms.